The summed E-state index contributed by atoms with van der Waals surface area (Å²) in [4.78, 5) is 2.61. The SMILES string of the molecule is CC(CN1CCCCC1)NC1CCNC1. The molecule has 2 atom stereocenters. The van der Waals surface area contributed by atoms with E-state index >= 15 is 0 Å². The van der Waals surface area contributed by atoms with Gasteiger partial charge in [-0.2, -0.15) is 0 Å². The van der Waals surface area contributed by atoms with Crippen LogP contribution in [0, 0.1) is 0 Å². The predicted octanol–water partition coefficient (Wildman–Crippen LogP) is 0.812. The van der Waals surface area contributed by atoms with Crippen LogP contribution < -0.4 is 10.6 Å². The summed E-state index contributed by atoms with van der Waals surface area (Å²) in [5.74, 6) is 0. The van der Waals surface area contributed by atoms with Crippen molar-refractivity contribution in [2.24, 2.45) is 0 Å². The molecule has 3 nitrogen and oxygen atoms in total. The van der Waals surface area contributed by atoms with Gasteiger partial charge in [-0.15, -0.1) is 0 Å². The molecule has 0 aliphatic carbocycles. The first kappa shape index (κ1) is 11.4. The lowest BCUT2D eigenvalue weighted by Gasteiger charge is -2.30. The van der Waals surface area contributed by atoms with Crippen LogP contribution in [0.1, 0.15) is 32.6 Å². The molecule has 0 spiro atoms. The van der Waals surface area contributed by atoms with E-state index in [1.165, 1.54) is 51.9 Å². The monoisotopic (exact) mass is 211 g/mol. The highest BCUT2D eigenvalue weighted by atomic mass is 15.2. The van der Waals surface area contributed by atoms with E-state index in [4.69, 9.17) is 0 Å². The average Bonchev–Trinajstić information content (AvgIpc) is 2.71. The summed E-state index contributed by atoms with van der Waals surface area (Å²) in [6, 6.07) is 1.36. The van der Waals surface area contributed by atoms with Crippen LogP contribution >= 0.6 is 0 Å². The van der Waals surface area contributed by atoms with E-state index in [1.807, 2.05) is 0 Å². The molecule has 3 heteroatoms. The summed E-state index contributed by atoms with van der Waals surface area (Å²) >= 11 is 0. The molecule has 0 aromatic rings. The van der Waals surface area contributed by atoms with Gasteiger partial charge in [0.2, 0.25) is 0 Å². The molecule has 0 radical (unpaired) electrons. The lowest BCUT2D eigenvalue weighted by Crippen LogP contribution is -2.45. The Balaban J connectivity index is 1.64. The van der Waals surface area contributed by atoms with E-state index in [9.17, 15) is 0 Å². The lowest BCUT2D eigenvalue weighted by molar-refractivity contribution is 0.205. The second-order valence-corrected chi connectivity index (χ2v) is 5.12. The number of hydrogen-bond acceptors (Lipinski definition) is 3. The van der Waals surface area contributed by atoms with E-state index in [0.29, 0.717) is 12.1 Å². The fourth-order valence-electron chi connectivity index (χ4n) is 2.78. The van der Waals surface area contributed by atoms with Crippen molar-refractivity contribution in [3.63, 3.8) is 0 Å². The van der Waals surface area contributed by atoms with Gasteiger partial charge in [-0.1, -0.05) is 6.42 Å². The van der Waals surface area contributed by atoms with Crippen molar-refractivity contribution in [3.05, 3.63) is 0 Å². The summed E-state index contributed by atoms with van der Waals surface area (Å²) < 4.78 is 0. The van der Waals surface area contributed by atoms with Crippen LogP contribution in [0.25, 0.3) is 0 Å². The van der Waals surface area contributed by atoms with Gasteiger partial charge in [0.15, 0.2) is 0 Å². The van der Waals surface area contributed by atoms with Crippen LogP contribution in [0.2, 0.25) is 0 Å². The maximum atomic E-state index is 3.72. The molecule has 2 aliphatic rings. The topological polar surface area (TPSA) is 27.3 Å². The van der Waals surface area contributed by atoms with E-state index in [2.05, 4.69) is 22.5 Å². The van der Waals surface area contributed by atoms with Crippen LogP contribution in [0.5, 0.6) is 0 Å². The van der Waals surface area contributed by atoms with Crippen LogP contribution in [0.4, 0.5) is 0 Å². The van der Waals surface area contributed by atoms with Crippen molar-refractivity contribution >= 4 is 0 Å². The van der Waals surface area contributed by atoms with Gasteiger partial charge in [0.25, 0.3) is 0 Å². The molecule has 2 saturated heterocycles. The summed E-state index contributed by atoms with van der Waals surface area (Å²) in [5, 5.41) is 7.13. The Bertz CT molecular complexity index is 172. The zero-order valence-electron chi connectivity index (χ0n) is 9.97. The highest BCUT2D eigenvalue weighted by Crippen LogP contribution is 2.09. The van der Waals surface area contributed by atoms with E-state index in [0.717, 1.165) is 6.54 Å². The Morgan fingerprint density at radius 2 is 2.13 bits per heavy atom. The normalized spacial score (nSPS) is 30.6. The Hall–Kier alpha value is -0.120. The molecule has 2 fully saturated rings. The quantitative estimate of drug-likeness (QED) is 0.721. The van der Waals surface area contributed by atoms with Gasteiger partial charge >= 0.3 is 0 Å². The van der Waals surface area contributed by atoms with Crippen molar-refractivity contribution in [2.45, 2.75) is 44.7 Å². The molecule has 2 aliphatic heterocycles. The van der Waals surface area contributed by atoms with Crippen molar-refractivity contribution in [1.82, 2.24) is 15.5 Å². The highest BCUT2D eigenvalue weighted by molar-refractivity contribution is 4.81. The molecule has 2 rings (SSSR count). The lowest BCUT2D eigenvalue weighted by atomic mass is 10.1. The number of hydrogen-bond donors (Lipinski definition) is 2. The molecule has 2 heterocycles. The smallest absolute Gasteiger partial charge is 0.0207 e. The predicted molar refractivity (Wildman–Crippen MR) is 64.2 cm³/mol. The van der Waals surface area contributed by atoms with Crippen LogP contribution in [0.3, 0.4) is 0 Å². The van der Waals surface area contributed by atoms with Crippen molar-refractivity contribution in [3.8, 4) is 0 Å². The maximum Gasteiger partial charge on any atom is 0.0207 e. The second-order valence-electron chi connectivity index (χ2n) is 5.12. The summed E-state index contributed by atoms with van der Waals surface area (Å²) in [6.45, 7) is 8.53. The number of rotatable bonds is 4. The summed E-state index contributed by atoms with van der Waals surface area (Å²) in [6.07, 6.45) is 5.53. The van der Waals surface area contributed by atoms with Gasteiger partial charge in [-0.05, 0) is 45.8 Å². The standard InChI is InChI=1S/C12H25N3/c1-11(14-12-5-6-13-9-12)10-15-7-3-2-4-8-15/h11-14H,2-10H2,1H3. The third-order valence-electron chi connectivity index (χ3n) is 3.56. The van der Waals surface area contributed by atoms with Crippen molar-refractivity contribution < 1.29 is 0 Å². The highest BCUT2D eigenvalue weighted by Gasteiger charge is 2.18. The number of likely N-dealkylation sites (tertiary alicyclic amines) is 1. The zero-order valence-corrected chi connectivity index (χ0v) is 9.97. The maximum absolute atomic E-state index is 3.72. The molecule has 0 bridgehead atoms. The number of nitrogens with one attached hydrogen (secondary N) is 2. The fourth-order valence-corrected chi connectivity index (χ4v) is 2.78. The molecule has 0 saturated carbocycles. The molecule has 2 unspecified atom stereocenters. The zero-order chi connectivity index (χ0) is 10.5. The Kier molecular flexibility index (Phi) is 4.42. The van der Waals surface area contributed by atoms with Gasteiger partial charge in [0.1, 0.15) is 0 Å². The average molecular weight is 211 g/mol. The Morgan fingerprint density at radius 1 is 1.33 bits per heavy atom. The molecular formula is C12H25N3. The molecule has 15 heavy (non-hydrogen) atoms. The van der Waals surface area contributed by atoms with Crippen LogP contribution in [0.15, 0.2) is 0 Å². The van der Waals surface area contributed by atoms with Crippen molar-refractivity contribution in [1.29, 1.82) is 0 Å². The molecule has 0 aromatic carbocycles. The van der Waals surface area contributed by atoms with Gasteiger partial charge in [-0.3, -0.25) is 0 Å². The van der Waals surface area contributed by atoms with Crippen LogP contribution in [-0.4, -0.2) is 49.7 Å². The number of piperidine rings is 1. The first-order chi connectivity index (χ1) is 7.34. The first-order valence-corrected chi connectivity index (χ1v) is 6.54. The molecule has 88 valence electrons. The Labute approximate surface area is 93.6 Å². The number of nitrogens with zero attached hydrogens (tertiary/aromatic N) is 1. The molecule has 0 aromatic heterocycles. The van der Waals surface area contributed by atoms with Gasteiger partial charge in [0, 0.05) is 25.2 Å². The van der Waals surface area contributed by atoms with Crippen LogP contribution in [-0.2, 0) is 0 Å². The van der Waals surface area contributed by atoms with Gasteiger partial charge in [-0.25, -0.2) is 0 Å². The van der Waals surface area contributed by atoms with Crippen molar-refractivity contribution in [2.75, 3.05) is 32.7 Å². The van der Waals surface area contributed by atoms with E-state index in [1.54, 1.807) is 0 Å². The largest absolute Gasteiger partial charge is 0.315 e. The van der Waals surface area contributed by atoms with E-state index < -0.39 is 0 Å². The minimum atomic E-state index is 0.646. The first-order valence-electron chi connectivity index (χ1n) is 6.54. The summed E-state index contributed by atoms with van der Waals surface area (Å²) in [5.41, 5.74) is 0. The van der Waals surface area contributed by atoms with Gasteiger partial charge in [0.05, 0.1) is 0 Å². The fraction of sp³-hybridized carbons (Fsp3) is 1.00. The molecular weight excluding hydrogens is 186 g/mol. The summed E-state index contributed by atoms with van der Waals surface area (Å²) in [7, 11) is 0. The minimum absolute atomic E-state index is 0.646. The third kappa shape index (κ3) is 3.74. The molecule has 2 N–H and O–H groups in total. The second kappa shape index (κ2) is 5.83. The third-order valence-corrected chi connectivity index (χ3v) is 3.56. The Morgan fingerprint density at radius 3 is 2.80 bits per heavy atom. The minimum Gasteiger partial charge on any atom is -0.315 e. The van der Waals surface area contributed by atoms with E-state index in [-0.39, 0.29) is 0 Å². The molecule has 0 amide bonds. The van der Waals surface area contributed by atoms with Gasteiger partial charge < -0.3 is 15.5 Å².